The van der Waals surface area contributed by atoms with E-state index in [2.05, 4.69) is 18.7 Å². The van der Waals surface area contributed by atoms with E-state index in [1.807, 2.05) is 24.0 Å². The van der Waals surface area contributed by atoms with Crippen LogP contribution in [0.1, 0.15) is 48.6 Å². The van der Waals surface area contributed by atoms with Gasteiger partial charge in [-0.2, -0.15) is 5.10 Å². The van der Waals surface area contributed by atoms with Crippen molar-refractivity contribution in [3.05, 3.63) is 76.5 Å². The minimum Gasteiger partial charge on any atom is -0.354 e. The number of hydrogen-bond acceptors (Lipinski definition) is 5. The lowest BCUT2D eigenvalue weighted by molar-refractivity contribution is 0.0767. The number of aryl methyl sites for hydroxylation is 2. The molecule has 2 aromatic carbocycles. The standard InChI is InChI=1S/C29H32ClFN6O/c1-19(2)9-14-25-32-27(26-20(3)34-37(28(26)33-25)22-12-10-21(31)11-13-22)35-15-6-16-36(18-17-35)29(38)23-7-4-5-8-24(23)30/h4-5,7-8,10-13,19H,6,9,14-18H2,1-3H3. The Bertz CT molecular complexity index is 1450. The van der Waals surface area contributed by atoms with E-state index in [0.717, 1.165) is 54.2 Å². The fourth-order valence-corrected chi connectivity index (χ4v) is 5.08. The molecule has 0 spiro atoms. The number of nitrogens with zero attached hydrogens (tertiary/aromatic N) is 6. The summed E-state index contributed by atoms with van der Waals surface area (Å²) in [6, 6.07) is 13.5. The highest BCUT2D eigenvalue weighted by Crippen LogP contribution is 2.30. The van der Waals surface area contributed by atoms with E-state index in [1.54, 1.807) is 28.9 Å². The van der Waals surface area contributed by atoms with Crippen molar-refractivity contribution in [1.29, 1.82) is 0 Å². The maximum Gasteiger partial charge on any atom is 0.255 e. The molecule has 198 valence electrons. The summed E-state index contributed by atoms with van der Waals surface area (Å²) in [4.78, 5) is 27.3. The quantitative estimate of drug-likeness (QED) is 0.310. The highest BCUT2D eigenvalue weighted by atomic mass is 35.5. The normalized spacial score (nSPS) is 14.4. The number of halogens is 2. The zero-order chi connectivity index (χ0) is 26.8. The van der Waals surface area contributed by atoms with Gasteiger partial charge in [0.1, 0.15) is 17.5 Å². The zero-order valence-corrected chi connectivity index (χ0v) is 22.7. The van der Waals surface area contributed by atoms with Crippen LogP contribution >= 0.6 is 11.6 Å². The Labute approximate surface area is 227 Å². The molecule has 5 rings (SSSR count). The summed E-state index contributed by atoms with van der Waals surface area (Å²) in [7, 11) is 0. The molecule has 1 aliphatic heterocycles. The molecule has 0 saturated carbocycles. The predicted octanol–water partition coefficient (Wildman–Crippen LogP) is 5.86. The second-order valence-corrected chi connectivity index (χ2v) is 10.6. The molecule has 38 heavy (non-hydrogen) atoms. The molecule has 1 saturated heterocycles. The molecular weight excluding hydrogens is 503 g/mol. The number of benzene rings is 2. The van der Waals surface area contributed by atoms with Crippen LogP contribution in [-0.2, 0) is 6.42 Å². The van der Waals surface area contributed by atoms with E-state index in [1.165, 1.54) is 12.1 Å². The van der Waals surface area contributed by atoms with Crippen molar-refractivity contribution >= 4 is 34.4 Å². The van der Waals surface area contributed by atoms with Crippen molar-refractivity contribution in [2.75, 3.05) is 31.1 Å². The molecule has 0 atom stereocenters. The molecule has 9 heteroatoms. The third-order valence-corrected chi connectivity index (χ3v) is 7.26. The van der Waals surface area contributed by atoms with E-state index in [0.29, 0.717) is 41.8 Å². The molecule has 0 aliphatic carbocycles. The van der Waals surface area contributed by atoms with Gasteiger partial charge in [-0.3, -0.25) is 4.79 Å². The van der Waals surface area contributed by atoms with E-state index >= 15 is 0 Å². The van der Waals surface area contributed by atoms with Gasteiger partial charge in [0, 0.05) is 32.6 Å². The monoisotopic (exact) mass is 534 g/mol. The number of anilines is 1. The number of hydrogen-bond donors (Lipinski definition) is 0. The first-order valence-electron chi connectivity index (χ1n) is 13.1. The van der Waals surface area contributed by atoms with Crippen LogP contribution < -0.4 is 4.90 Å². The van der Waals surface area contributed by atoms with Gasteiger partial charge in [-0.25, -0.2) is 19.0 Å². The van der Waals surface area contributed by atoms with Crippen LogP contribution in [0.25, 0.3) is 16.7 Å². The minimum absolute atomic E-state index is 0.0526. The number of aromatic nitrogens is 4. The summed E-state index contributed by atoms with van der Waals surface area (Å²) >= 11 is 6.31. The molecule has 2 aromatic heterocycles. The van der Waals surface area contributed by atoms with Crippen molar-refractivity contribution in [3.8, 4) is 5.69 Å². The molecule has 7 nitrogen and oxygen atoms in total. The number of fused-ring (bicyclic) bond motifs is 1. The van der Waals surface area contributed by atoms with E-state index in [4.69, 9.17) is 26.7 Å². The lowest BCUT2D eigenvalue weighted by Gasteiger charge is -2.24. The number of amides is 1. The van der Waals surface area contributed by atoms with Gasteiger partial charge < -0.3 is 9.80 Å². The Morgan fingerprint density at radius 2 is 1.79 bits per heavy atom. The molecule has 0 N–H and O–H groups in total. The zero-order valence-electron chi connectivity index (χ0n) is 22.0. The van der Waals surface area contributed by atoms with E-state index in [9.17, 15) is 9.18 Å². The van der Waals surface area contributed by atoms with Crippen molar-refractivity contribution in [2.24, 2.45) is 5.92 Å². The maximum atomic E-state index is 13.6. The lowest BCUT2D eigenvalue weighted by atomic mass is 10.1. The molecule has 1 fully saturated rings. The smallest absolute Gasteiger partial charge is 0.255 e. The maximum absolute atomic E-state index is 13.6. The van der Waals surface area contributed by atoms with Crippen molar-refractivity contribution in [3.63, 3.8) is 0 Å². The molecule has 1 aliphatic rings. The van der Waals surface area contributed by atoms with Gasteiger partial charge in [0.25, 0.3) is 5.91 Å². The Morgan fingerprint density at radius 1 is 1.03 bits per heavy atom. The van der Waals surface area contributed by atoms with Crippen molar-refractivity contribution in [2.45, 2.75) is 40.0 Å². The largest absolute Gasteiger partial charge is 0.354 e. The average molecular weight is 535 g/mol. The third kappa shape index (κ3) is 5.36. The SMILES string of the molecule is Cc1nn(-c2ccc(F)cc2)c2nc(CCC(C)C)nc(N3CCCN(C(=O)c4ccccc4Cl)CC3)c12. The summed E-state index contributed by atoms with van der Waals surface area (Å²) in [5.74, 6) is 1.77. The molecule has 4 aromatic rings. The lowest BCUT2D eigenvalue weighted by Crippen LogP contribution is -2.35. The van der Waals surface area contributed by atoms with Gasteiger partial charge in [-0.05, 0) is 62.1 Å². The minimum atomic E-state index is -0.296. The average Bonchev–Trinajstić information content (AvgIpc) is 3.07. The number of carbonyl (C=O) groups is 1. The molecular formula is C29H32ClFN6O. The Hall–Kier alpha value is -3.52. The van der Waals surface area contributed by atoms with Crippen molar-refractivity contribution < 1.29 is 9.18 Å². The van der Waals surface area contributed by atoms with Gasteiger partial charge >= 0.3 is 0 Å². The second kappa shape index (κ2) is 11.1. The van der Waals surface area contributed by atoms with Crippen LogP contribution in [0, 0.1) is 18.7 Å². The highest BCUT2D eigenvalue weighted by Gasteiger charge is 2.26. The molecule has 0 radical (unpaired) electrons. The van der Waals surface area contributed by atoms with E-state index in [-0.39, 0.29) is 11.7 Å². The van der Waals surface area contributed by atoms with Crippen LogP contribution in [-0.4, -0.2) is 56.7 Å². The topological polar surface area (TPSA) is 67.2 Å². The van der Waals surface area contributed by atoms with Gasteiger partial charge in [0.15, 0.2) is 5.65 Å². The Morgan fingerprint density at radius 3 is 2.53 bits per heavy atom. The number of rotatable bonds is 6. The fraction of sp³-hybridized carbons (Fsp3) is 0.379. The van der Waals surface area contributed by atoms with Crippen LogP contribution in [0.5, 0.6) is 0 Å². The van der Waals surface area contributed by atoms with Gasteiger partial charge in [-0.1, -0.05) is 37.6 Å². The first-order valence-corrected chi connectivity index (χ1v) is 13.5. The number of carbonyl (C=O) groups excluding carboxylic acids is 1. The van der Waals surface area contributed by atoms with Crippen molar-refractivity contribution in [1.82, 2.24) is 24.6 Å². The third-order valence-electron chi connectivity index (χ3n) is 6.93. The predicted molar refractivity (Wildman–Crippen MR) is 149 cm³/mol. The molecule has 0 unspecified atom stereocenters. The summed E-state index contributed by atoms with van der Waals surface area (Å²) in [5, 5.41) is 6.13. The fourth-order valence-electron chi connectivity index (χ4n) is 4.86. The van der Waals surface area contributed by atoms with Crippen LogP contribution in [0.4, 0.5) is 10.2 Å². The van der Waals surface area contributed by atoms with Gasteiger partial charge in [0.05, 0.1) is 27.4 Å². The Kier molecular flexibility index (Phi) is 7.61. The molecule has 3 heterocycles. The van der Waals surface area contributed by atoms with Crippen LogP contribution in [0.3, 0.4) is 0 Å². The summed E-state index contributed by atoms with van der Waals surface area (Å²) in [6.07, 6.45) is 2.52. The van der Waals surface area contributed by atoms with Crippen LogP contribution in [0.15, 0.2) is 48.5 Å². The molecule has 1 amide bonds. The van der Waals surface area contributed by atoms with Gasteiger partial charge in [-0.15, -0.1) is 0 Å². The van der Waals surface area contributed by atoms with Gasteiger partial charge in [0.2, 0.25) is 0 Å². The van der Waals surface area contributed by atoms with Crippen LogP contribution in [0.2, 0.25) is 5.02 Å². The highest BCUT2D eigenvalue weighted by molar-refractivity contribution is 6.33. The first kappa shape index (κ1) is 26.1. The second-order valence-electron chi connectivity index (χ2n) is 10.2. The Balaban J connectivity index is 1.51. The first-order chi connectivity index (χ1) is 18.3. The van der Waals surface area contributed by atoms with E-state index < -0.39 is 0 Å². The molecule has 0 bridgehead atoms. The summed E-state index contributed by atoms with van der Waals surface area (Å²) in [5.41, 5.74) is 2.80. The summed E-state index contributed by atoms with van der Waals surface area (Å²) < 4.78 is 15.4. The summed E-state index contributed by atoms with van der Waals surface area (Å²) in [6.45, 7) is 8.91.